The van der Waals surface area contributed by atoms with Gasteiger partial charge in [-0.3, -0.25) is 4.79 Å². The van der Waals surface area contributed by atoms with E-state index in [4.69, 9.17) is 4.74 Å². The molecule has 0 aliphatic heterocycles. The quantitative estimate of drug-likeness (QED) is 0.812. The predicted molar refractivity (Wildman–Crippen MR) is 81.8 cm³/mol. The zero-order valence-electron chi connectivity index (χ0n) is 12.9. The lowest BCUT2D eigenvalue weighted by molar-refractivity contribution is -0.121. The van der Waals surface area contributed by atoms with E-state index in [1.807, 2.05) is 51.1 Å². The van der Waals surface area contributed by atoms with Crippen molar-refractivity contribution in [3.63, 3.8) is 0 Å². The van der Waals surface area contributed by atoms with Gasteiger partial charge in [0.25, 0.3) is 0 Å². The number of rotatable bonds is 7. The van der Waals surface area contributed by atoms with Gasteiger partial charge in [-0.05, 0) is 18.4 Å². The van der Waals surface area contributed by atoms with Gasteiger partial charge >= 0.3 is 6.09 Å². The average Bonchev–Trinajstić information content (AvgIpc) is 2.46. The van der Waals surface area contributed by atoms with E-state index in [1.165, 1.54) is 0 Å². The van der Waals surface area contributed by atoms with Gasteiger partial charge in [0.2, 0.25) is 5.91 Å². The van der Waals surface area contributed by atoms with Gasteiger partial charge in [0.1, 0.15) is 0 Å². The molecule has 0 bridgehead atoms. The third-order valence-electron chi connectivity index (χ3n) is 2.85. The predicted octanol–water partition coefficient (Wildman–Crippen LogP) is 2.64. The maximum Gasteiger partial charge on any atom is 0.407 e. The molecule has 0 saturated carbocycles. The van der Waals surface area contributed by atoms with E-state index >= 15 is 0 Å². The number of carbonyl (C=O) groups excluding carboxylic acids is 2. The maximum atomic E-state index is 11.8. The summed E-state index contributed by atoms with van der Waals surface area (Å²) in [5, 5.41) is 5.45. The summed E-state index contributed by atoms with van der Waals surface area (Å²) in [4.78, 5) is 23.1. The van der Waals surface area contributed by atoms with E-state index < -0.39 is 6.09 Å². The summed E-state index contributed by atoms with van der Waals surface area (Å²) < 4.78 is 4.95. The van der Waals surface area contributed by atoms with Gasteiger partial charge in [0, 0.05) is 13.0 Å². The van der Waals surface area contributed by atoms with Crippen molar-refractivity contribution in [3.05, 3.63) is 35.9 Å². The fourth-order valence-corrected chi connectivity index (χ4v) is 1.71. The second kappa shape index (κ2) is 9.00. The molecule has 1 rings (SSSR count). The molecule has 5 heteroatoms. The van der Waals surface area contributed by atoms with Crippen molar-refractivity contribution in [2.24, 2.45) is 5.92 Å². The first kappa shape index (κ1) is 17.0. The highest BCUT2D eigenvalue weighted by molar-refractivity contribution is 5.77. The molecule has 0 aliphatic carbocycles. The molecule has 116 valence electrons. The van der Waals surface area contributed by atoms with E-state index in [1.54, 1.807) is 0 Å². The zero-order valence-corrected chi connectivity index (χ0v) is 12.9. The van der Waals surface area contributed by atoms with Crippen LogP contribution in [-0.4, -0.2) is 25.2 Å². The average molecular weight is 292 g/mol. The summed E-state index contributed by atoms with van der Waals surface area (Å²) in [7, 11) is 0. The van der Waals surface area contributed by atoms with Crippen molar-refractivity contribution < 1.29 is 14.3 Å². The van der Waals surface area contributed by atoms with E-state index in [0.29, 0.717) is 12.5 Å². The van der Waals surface area contributed by atoms with Crippen LogP contribution in [0.15, 0.2) is 30.3 Å². The summed E-state index contributed by atoms with van der Waals surface area (Å²) in [5.41, 5.74) is 1.05. The van der Waals surface area contributed by atoms with Gasteiger partial charge in [-0.25, -0.2) is 4.79 Å². The maximum absolute atomic E-state index is 11.8. The molecule has 0 unspecified atom stereocenters. The molecule has 0 heterocycles. The molecule has 2 N–H and O–H groups in total. The molecule has 1 atom stereocenters. The number of nitrogens with one attached hydrogen (secondary N) is 2. The Balaban J connectivity index is 2.21. The second-order valence-corrected chi connectivity index (χ2v) is 5.37. The largest absolute Gasteiger partial charge is 0.449 e. The monoisotopic (exact) mass is 292 g/mol. The zero-order chi connectivity index (χ0) is 15.7. The standard InChI is InChI=1S/C16H24N2O3/c1-12(2)11-21-16(20)17-10-9-15(19)18-13(3)14-7-5-4-6-8-14/h4-8,12-13H,9-11H2,1-3H3,(H,17,20)(H,18,19)/t13-/m1/s1. The van der Waals surface area contributed by atoms with Crippen LogP contribution in [0.1, 0.15) is 38.8 Å². The molecule has 5 nitrogen and oxygen atoms in total. The molecular formula is C16H24N2O3. The minimum atomic E-state index is -0.479. The second-order valence-electron chi connectivity index (χ2n) is 5.37. The summed E-state index contributed by atoms with van der Waals surface area (Å²) in [6.07, 6.45) is -0.249. The molecule has 0 fully saturated rings. The van der Waals surface area contributed by atoms with Crippen molar-refractivity contribution in [1.82, 2.24) is 10.6 Å². The minimum absolute atomic E-state index is 0.0495. The van der Waals surface area contributed by atoms with Gasteiger partial charge in [0.15, 0.2) is 0 Å². The van der Waals surface area contributed by atoms with Crippen LogP contribution in [0.25, 0.3) is 0 Å². The van der Waals surface area contributed by atoms with Crippen LogP contribution in [0.3, 0.4) is 0 Å². The fraction of sp³-hybridized carbons (Fsp3) is 0.500. The van der Waals surface area contributed by atoms with Gasteiger partial charge < -0.3 is 15.4 Å². The van der Waals surface area contributed by atoms with Gasteiger partial charge in [0.05, 0.1) is 12.6 Å². The van der Waals surface area contributed by atoms with Crippen molar-refractivity contribution in [3.8, 4) is 0 Å². The number of hydrogen-bond acceptors (Lipinski definition) is 3. The molecule has 1 aromatic carbocycles. The molecular weight excluding hydrogens is 268 g/mol. The first-order chi connectivity index (χ1) is 9.99. The summed E-state index contributed by atoms with van der Waals surface area (Å²) >= 11 is 0. The molecule has 0 saturated heterocycles. The van der Waals surface area contributed by atoms with Gasteiger partial charge in [-0.2, -0.15) is 0 Å². The van der Waals surface area contributed by atoms with E-state index in [0.717, 1.165) is 5.56 Å². The Morgan fingerprint density at radius 2 is 1.81 bits per heavy atom. The summed E-state index contributed by atoms with van der Waals surface area (Å²) in [6.45, 7) is 6.50. The topological polar surface area (TPSA) is 67.4 Å². The van der Waals surface area contributed by atoms with Crippen LogP contribution in [-0.2, 0) is 9.53 Å². The van der Waals surface area contributed by atoms with Crippen molar-refractivity contribution in [2.75, 3.05) is 13.2 Å². The van der Waals surface area contributed by atoms with Crippen LogP contribution >= 0.6 is 0 Å². The number of hydrogen-bond donors (Lipinski definition) is 2. The molecule has 1 aromatic rings. The number of benzene rings is 1. The van der Waals surface area contributed by atoms with E-state index in [-0.39, 0.29) is 24.9 Å². The Bertz CT molecular complexity index is 446. The van der Waals surface area contributed by atoms with Gasteiger partial charge in [-0.15, -0.1) is 0 Å². The normalized spacial score (nSPS) is 11.8. The molecule has 2 amide bonds. The van der Waals surface area contributed by atoms with E-state index in [9.17, 15) is 9.59 Å². The van der Waals surface area contributed by atoms with E-state index in [2.05, 4.69) is 10.6 Å². The molecule has 0 radical (unpaired) electrons. The Kier molecular flexibility index (Phi) is 7.29. The third kappa shape index (κ3) is 7.34. The number of carbonyl (C=O) groups is 2. The summed E-state index contributed by atoms with van der Waals surface area (Å²) in [6, 6.07) is 9.68. The Morgan fingerprint density at radius 1 is 1.14 bits per heavy atom. The Hall–Kier alpha value is -2.04. The molecule has 0 spiro atoms. The first-order valence-corrected chi connectivity index (χ1v) is 7.24. The lowest BCUT2D eigenvalue weighted by Gasteiger charge is -2.14. The van der Waals surface area contributed by atoms with Crippen molar-refractivity contribution in [2.45, 2.75) is 33.2 Å². The van der Waals surface area contributed by atoms with Crippen LogP contribution in [0.4, 0.5) is 4.79 Å². The van der Waals surface area contributed by atoms with Crippen LogP contribution < -0.4 is 10.6 Å². The Morgan fingerprint density at radius 3 is 2.43 bits per heavy atom. The molecule has 0 aromatic heterocycles. The van der Waals surface area contributed by atoms with Crippen LogP contribution in [0.5, 0.6) is 0 Å². The van der Waals surface area contributed by atoms with Gasteiger partial charge in [-0.1, -0.05) is 44.2 Å². The number of amides is 2. The third-order valence-corrected chi connectivity index (χ3v) is 2.85. The minimum Gasteiger partial charge on any atom is -0.449 e. The smallest absolute Gasteiger partial charge is 0.407 e. The van der Waals surface area contributed by atoms with Crippen LogP contribution in [0, 0.1) is 5.92 Å². The van der Waals surface area contributed by atoms with Crippen LogP contribution in [0.2, 0.25) is 0 Å². The number of ether oxygens (including phenoxy) is 1. The summed E-state index contributed by atoms with van der Waals surface area (Å²) in [5.74, 6) is 0.196. The number of alkyl carbamates (subject to hydrolysis) is 1. The first-order valence-electron chi connectivity index (χ1n) is 7.24. The SMILES string of the molecule is CC(C)COC(=O)NCCC(=O)N[C@H](C)c1ccccc1. The lowest BCUT2D eigenvalue weighted by atomic mass is 10.1. The molecule has 21 heavy (non-hydrogen) atoms. The highest BCUT2D eigenvalue weighted by atomic mass is 16.5. The Labute approximate surface area is 126 Å². The fourth-order valence-electron chi connectivity index (χ4n) is 1.71. The molecule has 0 aliphatic rings. The van der Waals surface area contributed by atoms with Crippen molar-refractivity contribution >= 4 is 12.0 Å². The van der Waals surface area contributed by atoms with Crippen molar-refractivity contribution in [1.29, 1.82) is 0 Å². The highest BCUT2D eigenvalue weighted by Crippen LogP contribution is 2.10. The highest BCUT2D eigenvalue weighted by Gasteiger charge is 2.10. The lowest BCUT2D eigenvalue weighted by Crippen LogP contribution is -2.32.